The maximum Gasteiger partial charge on any atom is 0.266 e. The quantitative estimate of drug-likeness (QED) is 0.818. The van der Waals surface area contributed by atoms with Gasteiger partial charge in [0.25, 0.3) is 5.95 Å². The van der Waals surface area contributed by atoms with Gasteiger partial charge < -0.3 is 15.2 Å². The van der Waals surface area contributed by atoms with Crippen LogP contribution in [0.4, 0.5) is 5.95 Å². The summed E-state index contributed by atoms with van der Waals surface area (Å²) >= 11 is 0. The van der Waals surface area contributed by atoms with Crippen LogP contribution in [0, 0.1) is 0 Å². The van der Waals surface area contributed by atoms with E-state index >= 15 is 0 Å². The molecule has 0 saturated carbocycles. The number of anilines is 1. The maximum absolute atomic E-state index is 5.82. The monoisotopic (exact) mass is 210 g/mol. The second-order valence-electron chi connectivity index (χ2n) is 4.00. The molecule has 0 spiro atoms. The summed E-state index contributed by atoms with van der Waals surface area (Å²) in [6, 6.07) is -0.129. The summed E-state index contributed by atoms with van der Waals surface area (Å²) in [5.74, 6) is 1.26. The molecule has 0 radical (unpaired) electrons. The lowest BCUT2D eigenvalue weighted by molar-refractivity contribution is 0.350. The third-order valence-electron chi connectivity index (χ3n) is 2.83. The average molecular weight is 210 g/mol. The molecule has 2 rings (SSSR count). The summed E-state index contributed by atoms with van der Waals surface area (Å²) in [6.07, 6.45) is 4.55. The molecule has 5 heteroatoms. The van der Waals surface area contributed by atoms with Gasteiger partial charge in [0.2, 0.25) is 5.89 Å². The summed E-state index contributed by atoms with van der Waals surface area (Å²) < 4.78 is 5.14. The Kier molecular flexibility index (Phi) is 3.20. The van der Waals surface area contributed by atoms with E-state index in [4.69, 9.17) is 10.3 Å². The number of hydrogen-bond donors (Lipinski definition) is 1. The van der Waals surface area contributed by atoms with E-state index in [0.29, 0.717) is 11.8 Å². The van der Waals surface area contributed by atoms with E-state index in [2.05, 4.69) is 15.0 Å². The van der Waals surface area contributed by atoms with Gasteiger partial charge in [0.15, 0.2) is 0 Å². The highest BCUT2D eigenvalue weighted by Gasteiger charge is 2.18. The molecule has 1 atom stereocenters. The Morgan fingerprint density at radius 1 is 1.40 bits per heavy atom. The minimum Gasteiger partial charge on any atom is -0.338 e. The maximum atomic E-state index is 5.82. The van der Waals surface area contributed by atoms with Crippen LogP contribution in [-0.2, 0) is 0 Å². The molecule has 1 saturated heterocycles. The fourth-order valence-electron chi connectivity index (χ4n) is 1.77. The van der Waals surface area contributed by atoms with Gasteiger partial charge in [-0.2, -0.15) is 4.98 Å². The smallest absolute Gasteiger partial charge is 0.266 e. The van der Waals surface area contributed by atoms with E-state index in [9.17, 15) is 0 Å². The van der Waals surface area contributed by atoms with Crippen LogP contribution in [0.5, 0.6) is 0 Å². The zero-order valence-corrected chi connectivity index (χ0v) is 9.15. The van der Waals surface area contributed by atoms with Crippen molar-refractivity contribution in [1.82, 2.24) is 10.1 Å². The Hall–Kier alpha value is -1.10. The summed E-state index contributed by atoms with van der Waals surface area (Å²) in [4.78, 5) is 6.49. The van der Waals surface area contributed by atoms with Crippen molar-refractivity contribution < 1.29 is 4.52 Å². The van der Waals surface area contributed by atoms with Crippen LogP contribution in [0.3, 0.4) is 0 Å². The molecule has 1 aromatic heterocycles. The number of nitrogens with zero attached hydrogens (tertiary/aromatic N) is 3. The van der Waals surface area contributed by atoms with Crippen molar-refractivity contribution in [3.8, 4) is 0 Å². The topological polar surface area (TPSA) is 68.2 Å². The van der Waals surface area contributed by atoms with Crippen molar-refractivity contribution in [2.75, 3.05) is 18.0 Å². The van der Waals surface area contributed by atoms with Crippen molar-refractivity contribution >= 4 is 5.95 Å². The van der Waals surface area contributed by atoms with E-state index in [1.54, 1.807) is 0 Å². The predicted molar refractivity (Wildman–Crippen MR) is 57.6 cm³/mol. The SMILES string of the molecule is CCC(N)c1nc(N2CCCCC2)no1. The highest BCUT2D eigenvalue weighted by Crippen LogP contribution is 2.19. The fraction of sp³-hybridized carbons (Fsp3) is 0.800. The first-order valence-electron chi connectivity index (χ1n) is 5.65. The van der Waals surface area contributed by atoms with Gasteiger partial charge in [-0.3, -0.25) is 0 Å². The Labute approximate surface area is 89.6 Å². The number of hydrogen-bond acceptors (Lipinski definition) is 5. The molecule has 2 N–H and O–H groups in total. The van der Waals surface area contributed by atoms with Gasteiger partial charge in [-0.15, -0.1) is 0 Å². The number of piperidine rings is 1. The molecule has 1 aromatic rings. The Morgan fingerprint density at radius 2 is 2.13 bits per heavy atom. The zero-order valence-electron chi connectivity index (χ0n) is 9.15. The van der Waals surface area contributed by atoms with E-state index in [1.807, 2.05) is 6.92 Å². The highest BCUT2D eigenvalue weighted by atomic mass is 16.5. The van der Waals surface area contributed by atoms with Crippen LogP contribution in [0.2, 0.25) is 0 Å². The fourth-order valence-corrected chi connectivity index (χ4v) is 1.77. The normalized spacial score (nSPS) is 19.2. The van der Waals surface area contributed by atoms with Crippen LogP contribution in [0.1, 0.15) is 44.5 Å². The van der Waals surface area contributed by atoms with E-state index in [-0.39, 0.29) is 6.04 Å². The van der Waals surface area contributed by atoms with Gasteiger partial charge in [-0.25, -0.2) is 0 Å². The lowest BCUT2D eigenvalue weighted by Crippen LogP contribution is -2.30. The average Bonchev–Trinajstić information content (AvgIpc) is 2.78. The van der Waals surface area contributed by atoms with Crippen LogP contribution >= 0.6 is 0 Å². The van der Waals surface area contributed by atoms with Crippen molar-refractivity contribution in [3.63, 3.8) is 0 Å². The molecule has 0 amide bonds. The molecular formula is C10H18N4O. The first-order chi connectivity index (χ1) is 7.31. The van der Waals surface area contributed by atoms with Crippen LogP contribution in [0.15, 0.2) is 4.52 Å². The minimum atomic E-state index is -0.129. The predicted octanol–water partition coefficient (Wildman–Crippen LogP) is 1.47. The molecule has 2 heterocycles. The first kappa shape index (κ1) is 10.4. The third kappa shape index (κ3) is 2.28. The third-order valence-corrected chi connectivity index (χ3v) is 2.83. The molecule has 1 fully saturated rings. The molecule has 15 heavy (non-hydrogen) atoms. The largest absolute Gasteiger partial charge is 0.338 e. The van der Waals surface area contributed by atoms with Crippen LogP contribution < -0.4 is 10.6 Å². The minimum absolute atomic E-state index is 0.129. The molecular weight excluding hydrogens is 192 g/mol. The first-order valence-corrected chi connectivity index (χ1v) is 5.65. The second-order valence-corrected chi connectivity index (χ2v) is 4.00. The van der Waals surface area contributed by atoms with Crippen molar-refractivity contribution in [2.45, 2.75) is 38.6 Å². The molecule has 1 unspecified atom stereocenters. The lowest BCUT2D eigenvalue weighted by Gasteiger charge is -2.24. The number of nitrogens with two attached hydrogens (primary N) is 1. The molecule has 1 aliphatic heterocycles. The van der Waals surface area contributed by atoms with Gasteiger partial charge in [-0.1, -0.05) is 6.92 Å². The standard InChI is InChI=1S/C10H18N4O/c1-2-8(11)9-12-10(13-15-9)14-6-4-3-5-7-14/h8H,2-7,11H2,1H3. The highest BCUT2D eigenvalue weighted by molar-refractivity contribution is 5.28. The zero-order chi connectivity index (χ0) is 10.7. The Balaban J connectivity index is 2.05. The summed E-state index contributed by atoms with van der Waals surface area (Å²) in [5, 5.41) is 3.97. The lowest BCUT2D eigenvalue weighted by atomic mass is 10.1. The number of aromatic nitrogens is 2. The Morgan fingerprint density at radius 3 is 2.80 bits per heavy atom. The van der Waals surface area contributed by atoms with E-state index in [1.165, 1.54) is 19.3 Å². The van der Waals surface area contributed by atoms with Gasteiger partial charge in [0, 0.05) is 13.1 Å². The van der Waals surface area contributed by atoms with Crippen molar-refractivity contribution in [1.29, 1.82) is 0 Å². The summed E-state index contributed by atoms with van der Waals surface area (Å²) in [7, 11) is 0. The van der Waals surface area contributed by atoms with Gasteiger partial charge in [0.1, 0.15) is 0 Å². The van der Waals surface area contributed by atoms with Gasteiger partial charge in [0.05, 0.1) is 6.04 Å². The molecule has 84 valence electrons. The molecule has 0 aromatic carbocycles. The second kappa shape index (κ2) is 4.61. The number of rotatable bonds is 3. The van der Waals surface area contributed by atoms with Gasteiger partial charge in [-0.05, 0) is 30.8 Å². The Bertz CT molecular complexity index is 306. The van der Waals surface area contributed by atoms with Crippen molar-refractivity contribution in [3.05, 3.63) is 5.89 Å². The molecule has 0 aliphatic carbocycles. The molecule has 5 nitrogen and oxygen atoms in total. The van der Waals surface area contributed by atoms with E-state index in [0.717, 1.165) is 19.5 Å². The summed E-state index contributed by atoms with van der Waals surface area (Å²) in [5.41, 5.74) is 5.82. The van der Waals surface area contributed by atoms with Gasteiger partial charge >= 0.3 is 0 Å². The van der Waals surface area contributed by atoms with E-state index < -0.39 is 0 Å². The molecule has 1 aliphatic rings. The molecule has 0 bridgehead atoms. The van der Waals surface area contributed by atoms with Crippen LogP contribution in [0.25, 0.3) is 0 Å². The van der Waals surface area contributed by atoms with Crippen LogP contribution in [-0.4, -0.2) is 23.2 Å². The van der Waals surface area contributed by atoms with Crippen molar-refractivity contribution in [2.24, 2.45) is 5.73 Å². The summed E-state index contributed by atoms with van der Waals surface area (Å²) in [6.45, 7) is 4.07.